The minimum absolute atomic E-state index is 0.201. The minimum Gasteiger partial charge on any atom is -0.353 e. The standard InChI is InChI=1S/C32H29N2O2/c1-7-17-33-25-15-11-9-13-23(25)31(3,4)27(33)19-21-29(35)22(30(21)36)20-28-32(5,6)24-14-10-12-16-26(24)34(28)18-8-2/h1-2,9-16,19-20,27H,17-18H2,3-6H3/q+1. The maximum atomic E-state index is 13.4. The van der Waals surface area contributed by atoms with Crippen LogP contribution in [0.3, 0.4) is 0 Å². The van der Waals surface area contributed by atoms with Crippen molar-refractivity contribution in [1.82, 2.24) is 0 Å². The summed E-state index contributed by atoms with van der Waals surface area (Å²) in [6, 6.07) is 16.0. The zero-order chi connectivity index (χ0) is 25.8. The van der Waals surface area contributed by atoms with E-state index in [0.717, 1.165) is 28.2 Å². The van der Waals surface area contributed by atoms with Gasteiger partial charge < -0.3 is 4.90 Å². The van der Waals surface area contributed by atoms with Crippen LogP contribution in [0.25, 0.3) is 12.2 Å². The average molecular weight is 474 g/mol. The van der Waals surface area contributed by atoms with E-state index < -0.39 is 0 Å². The maximum Gasteiger partial charge on any atom is 0.210 e. The first-order chi connectivity index (χ1) is 17.1. The van der Waals surface area contributed by atoms with Crippen molar-refractivity contribution in [2.24, 2.45) is 0 Å². The number of para-hydroxylation sites is 2. The molecule has 0 saturated heterocycles. The molecule has 1 atom stereocenters. The molecule has 0 radical (unpaired) electrons. The fraction of sp³-hybridized carbons (Fsp3) is 0.281. The Labute approximate surface area is 211 Å². The number of benzene rings is 2. The molecule has 0 saturated carbocycles. The van der Waals surface area contributed by atoms with E-state index in [1.165, 1.54) is 0 Å². The number of rotatable bonds is 4. The summed E-state index contributed by atoms with van der Waals surface area (Å²) in [5, 5.41) is 0.433. The summed E-state index contributed by atoms with van der Waals surface area (Å²) in [6.07, 6.45) is 14.9. The highest BCUT2D eigenvalue weighted by Crippen LogP contribution is 2.45. The molecule has 0 spiro atoms. The van der Waals surface area contributed by atoms with Crippen LogP contribution in [0.2, 0.25) is 0 Å². The van der Waals surface area contributed by atoms with E-state index in [1.807, 2.05) is 47.0 Å². The number of terminal acetylenes is 2. The van der Waals surface area contributed by atoms with Gasteiger partial charge in [-0.25, -0.2) is 0 Å². The van der Waals surface area contributed by atoms with Gasteiger partial charge in [-0.15, -0.1) is 12.8 Å². The van der Waals surface area contributed by atoms with Gasteiger partial charge in [-0.2, -0.15) is 4.58 Å². The van der Waals surface area contributed by atoms with E-state index in [0.29, 0.717) is 13.1 Å². The van der Waals surface area contributed by atoms with Crippen molar-refractivity contribution >= 4 is 29.2 Å². The molecule has 178 valence electrons. The molecule has 0 aliphatic carbocycles. The summed E-state index contributed by atoms with van der Waals surface area (Å²) in [6.45, 7) is 9.19. The molecule has 1 unspecified atom stereocenters. The van der Waals surface area contributed by atoms with Gasteiger partial charge in [0.25, 0.3) is 0 Å². The van der Waals surface area contributed by atoms with E-state index in [9.17, 15) is 9.59 Å². The topological polar surface area (TPSA) is 40.4 Å². The molecular formula is C32H29N2O2+. The van der Waals surface area contributed by atoms with E-state index in [4.69, 9.17) is 12.8 Å². The monoisotopic (exact) mass is 473 g/mol. The second-order valence-corrected chi connectivity index (χ2v) is 10.6. The first-order valence-electron chi connectivity index (χ1n) is 12.1. The molecule has 2 heterocycles. The van der Waals surface area contributed by atoms with Crippen LogP contribution in [0, 0.1) is 24.7 Å². The van der Waals surface area contributed by atoms with Gasteiger partial charge in [0.15, 0.2) is 5.71 Å². The SMILES string of the molecule is C#CCN1c2ccccc2C(C)(C)C1C=c1c(=O)c(=CC2=[N+](CC#C)c3ccccc3C2(C)C)c1=O. The molecular weight excluding hydrogens is 444 g/mol. The second kappa shape index (κ2) is 8.21. The third kappa shape index (κ3) is 3.22. The van der Waals surface area contributed by atoms with Crippen LogP contribution in [0.1, 0.15) is 38.8 Å². The zero-order valence-electron chi connectivity index (χ0n) is 21.1. The summed E-state index contributed by atoms with van der Waals surface area (Å²) in [4.78, 5) is 28.8. The lowest BCUT2D eigenvalue weighted by molar-refractivity contribution is -0.422. The molecule has 0 N–H and O–H groups in total. The predicted molar refractivity (Wildman–Crippen MR) is 147 cm³/mol. The molecule has 4 heteroatoms. The summed E-state index contributed by atoms with van der Waals surface area (Å²) >= 11 is 0. The lowest BCUT2D eigenvalue weighted by Crippen LogP contribution is -2.66. The molecule has 0 fully saturated rings. The van der Waals surface area contributed by atoms with Crippen LogP contribution in [-0.4, -0.2) is 29.4 Å². The van der Waals surface area contributed by atoms with Gasteiger partial charge >= 0.3 is 0 Å². The summed E-state index contributed by atoms with van der Waals surface area (Å²) in [5.74, 6) is 5.45. The Morgan fingerprint density at radius 3 is 2.22 bits per heavy atom. The van der Waals surface area contributed by atoms with Gasteiger partial charge in [0, 0.05) is 28.8 Å². The van der Waals surface area contributed by atoms with Gasteiger partial charge in [-0.3, -0.25) is 9.59 Å². The molecule has 0 bridgehead atoms. The number of anilines is 1. The highest BCUT2D eigenvalue weighted by Gasteiger charge is 2.45. The van der Waals surface area contributed by atoms with Crippen LogP contribution in [0.4, 0.5) is 11.4 Å². The molecule has 0 amide bonds. The van der Waals surface area contributed by atoms with E-state index in [2.05, 4.69) is 56.6 Å². The zero-order valence-corrected chi connectivity index (χ0v) is 21.1. The fourth-order valence-corrected chi connectivity index (χ4v) is 5.92. The van der Waals surface area contributed by atoms with E-state index in [-0.39, 0.29) is 38.2 Å². The Hall–Kier alpha value is -4.15. The quantitative estimate of drug-likeness (QED) is 0.432. The van der Waals surface area contributed by atoms with Gasteiger partial charge in [0.2, 0.25) is 23.1 Å². The van der Waals surface area contributed by atoms with Crippen molar-refractivity contribution < 1.29 is 4.58 Å². The highest BCUT2D eigenvalue weighted by molar-refractivity contribution is 6.15. The third-order valence-electron chi connectivity index (χ3n) is 7.88. The Bertz CT molecular complexity index is 1680. The van der Waals surface area contributed by atoms with Crippen molar-refractivity contribution in [1.29, 1.82) is 0 Å². The lowest BCUT2D eigenvalue weighted by Gasteiger charge is -2.31. The first kappa shape index (κ1) is 23.6. The first-order valence-corrected chi connectivity index (χ1v) is 12.1. The average Bonchev–Trinajstić information content (AvgIpc) is 3.20. The van der Waals surface area contributed by atoms with E-state index in [1.54, 1.807) is 6.08 Å². The third-order valence-corrected chi connectivity index (χ3v) is 7.88. The number of hydrogen-bond acceptors (Lipinski definition) is 3. The van der Waals surface area contributed by atoms with Crippen molar-refractivity contribution in [3.63, 3.8) is 0 Å². The molecule has 36 heavy (non-hydrogen) atoms. The van der Waals surface area contributed by atoms with Gasteiger partial charge in [0.1, 0.15) is 0 Å². The molecule has 0 aromatic heterocycles. The predicted octanol–water partition coefficient (Wildman–Crippen LogP) is 2.35. The van der Waals surface area contributed by atoms with Crippen LogP contribution in [-0.2, 0) is 10.8 Å². The molecule has 2 aliphatic rings. The smallest absolute Gasteiger partial charge is 0.210 e. The van der Waals surface area contributed by atoms with E-state index >= 15 is 0 Å². The Balaban J connectivity index is 1.65. The van der Waals surface area contributed by atoms with Crippen molar-refractivity contribution in [2.75, 3.05) is 18.0 Å². The van der Waals surface area contributed by atoms with Crippen molar-refractivity contribution in [3.8, 4) is 24.7 Å². The minimum atomic E-state index is -0.390. The second-order valence-electron chi connectivity index (χ2n) is 10.6. The van der Waals surface area contributed by atoms with Crippen LogP contribution in [0.5, 0.6) is 0 Å². The van der Waals surface area contributed by atoms with Gasteiger partial charge in [-0.1, -0.05) is 56.2 Å². The molecule has 5 rings (SSSR count). The summed E-state index contributed by atoms with van der Waals surface area (Å²) in [7, 11) is 0. The van der Waals surface area contributed by atoms with Crippen LogP contribution >= 0.6 is 0 Å². The Morgan fingerprint density at radius 1 is 0.917 bits per heavy atom. The highest BCUT2D eigenvalue weighted by atomic mass is 16.1. The van der Waals surface area contributed by atoms with Crippen LogP contribution < -0.4 is 26.2 Å². The van der Waals surface area contributed by atoms with Crippen molar-refractivity contribution in [2.45, 2.75) is 44.6 Å². The van der Waals surface area contributed by atoms with Gasteiger partial charge in [-0.05, 0) is 37.5 Å². The van der Waals surface area contributed by atoms with Crippen LogP contribution in [0.15, 0.2) is 58.1 Å². The molecule has 4 nitrogen and oxygen atoms in total. The normalized spacial score (nSPS) is 18.9. The van der Waals surface area contributed by atoms with Crippen molar-refractivity contribution in [3.05, 3.63) is 90.5 Å². The maximum absolute atomic E-state index is 13.4. The number of fused-ring (bicyclic) bond motifs is 2. The fourth-order valence-electron chi connectivity index (χ4n) is 5.92. The lowest BCUT2D eigenvalue weighted by atomic mass is 9.79. The summed E-state index contributed by atoms with van der Waals surface area (Å²) < 4.78 is 2.02. The Kier molecular flexibility index (Phi) is 5.38. The van der Waals surface area contributed by atoms with Gasteiger partial charge in [0.05, 0.1) is 28.4 Å². The summed E-state index contributed by atoms with van der Waals surface area (Å²) in [5.41, 5.74) is 4.04. The number of hydrogen-bond donors (Lipinski definition) is 0. The number of nitrogens with zero attached hydrogens (tertiary/aromatic N) is 2. The molecule has 2 aliphatic heterocycles. The molecule has 3 aromatic carbocycles. The Morgan fingerprint density at radius 2 is 1.56 bits per heavy atom. The largest absolute Gasteiger partial charge is 0.353 e. The molecule has 3 aromatic rings.